The van der Waals surface area contributed by atoms with E-state index >= 15 is 0 Å². The third-order valence-electron chi connectivity index (χ3n) is 2.22. The van der Waals surface area contributed by atoms with Crippen molar-refractivity contribution in [1.82, 2.24) is 4.98 Å². The Bertz CT molecular complexity index is 591. The molecule has 1 aromatic carbocycles. The van der Waals surface area contributed by atoms with Gasteiger partial charge in [-0.2, -0.15) is 0 Å². The lowest BCUT2D eigenvalue weighted by molar-refractivity contribution is -0.380. The van der Waals surface area contributed by atoms with E-state index in [-0.39, 0.29) is 15.8 Å². The maximum atomic E-state index is 12.0. The number of nitro groups is 1. The zero-order valence-corrected chi connectivity index (χ0v) is 10.1. The third-order valence-corrected chi connectivity index (χ3v) is 3.17. The standard InChI is InChI=1S/C11H8N2O4S/c1-17-8-4-2-7(3-5-8)10(14)11-12-6-9(18-11)13(15)16/h2-6H,1H3. The number of thiazole rings is 1. The van der Waals surface area contributed by atoms with Gasteiger partial charge in [0.25, 0.3) is 0 Å². The smallest absolute Gasteiger partial charge is 0.344 e. The minimum atomic E-state index is -0.567. The van der Waals surface area contributed by atoms with Crippen molar-refractivity contribution in [3.63, 3.8) is 0 Å². The van der Waals surface area contributed by atoms with E-state index in [1.165, 1.54) is 7.11 Å². The zero-order valence-electron chi connectivity index (χ0n) is 9.32. The number of methoxy groups -OCH3 is 1. The molecule has 7 heteroatoms. The van der Waals surface area contributed by atoms with Gasteiger partial charge in [-0.1, -0.05) is 0 Å². The number of carbonyl (C=O) groups is 1. The lowest BCUT2D eigenvalue weighted by atomic mass is 10.1. The van der Waals surface area contributed by atoms with E-state index in [1.54, 1.807) is 24.3 Å². The van der Waals surface area contributed by atoms with Gasteiger partial charge in [-0.3, -0.25) is 14.9 Å². The number of ether oxygens (including phenoxy) is 1. The summed E-state index contributed by atoms with van der Waals surface area (Å²) in [5.41, 5.74) is 0.417. The van der Waals surface area contributed by atoms with Crippen LogP contribution >= 0.6 is 11.3 Å². The molecule has 1 aromatic heterocycles. The fourth-order valence-corrected chi connectivity index (χ4v) is 2.01. The first-order valence-corrected chi connectivity index (χ1v) is 5.72. The summed E-state index contributed by atoms with van der Waals surface area (Å²) in [6.07, 6.45) is 1.08. The van der Waals surface area contributed by atoms with Gasteiger partial charge in [0.05, 0.1) is 12.0 Å². The molecule has 2 aromatic rings. The Morgan fingerprint density at radius 3 is 2.56 bits per heavy atom. The van der Waals surface area contributed by atoms with Crippen molar-refractivity contribution in [2.75, 3.05) is 7.11 Å². The van der Waals surface area contributed by atoms with Crippen LogP contribution in [0.15, 0.2) is 30.5 Å². The Balaban J connectivity index is 2.26. The van der Waals surface area contributed by atoms with Gasteiger partial charge in [-0.15, -0.1) is 0 Å². The number of aromatic nitrogens is 1. The lowest BCUT2D eigenvalue weighted by Crippen LogP contribution is -2.00. The minimum absolute atomic E-state index is 0.104. The fourth-order valence-electron chi connectivity index (χ4n) is 1.32. The number of carbonyl (C=O) groups excluding carboxylic acids is 1. The van der Waals surface area contributed by atoms with Gasteiger partial charge in [0.2, 0.25) is 5.78 Å². The number of nitrogens with zero attached hydrogens (tertiary/aromatic N) is 2. The highest BCUT2D eigenvalue weighted by atomic mass is 32.1. The van der Waals surface area contributed by atoms with E-state index < -0.39 is 4.92 Å². The topological polar surface area (TPSA) is 82.3 Å². The Kier molecular flexibility index (Phi) is 3.33. The quantitative estimate of drug-likeness (QED) is 0.480. The van der Waals surface area contributed by atoms with E-state index in [9.17, 15) is 14.9 Å². The van der Waals surface area contributed by atoms with E-state index in [2.05, 4.69) is 4.98 Å². The number of benzene rings is 1. The zero-order chi connectivity index (χ0) is 13.1. The normalized spacial score (nSPS) is 10.1. The minimum Gasteiger partial charge on any atom is -0.497 e. The number of rotatable bonds is 4. The van der Waals surface area contributed by atoms with E-state index in [1.807, 2.05) is 0 Å². The van der Waals surface area contributed by atoms with Gasteiger partial charge in [-0.25, -0.2) is 4.98 Å². The molecule has 0 spiro atoms. The largest absolute Gasteiger partial charge is 0.497 e. The number of hydrogen-bond donors (Lipinski definition) is 0. The summed E-state index contributed by atoms with van der Waals surface area (Å²) in [5, 5.41) is 10.5. The molecular formula is C11H8N2O4S. The highest BCUT2D eigenvalue weighted by Crippen LogP contribution is 2.23. The molecule has 0 bridgehead atoms. The molecule has 18 heavy (non-hydrogen) atoms. The molecule has 0 saturated carbocycles. The summed E-state index contributed by atoms with van der Waals surface area (Å²) in [6.45, 7) is 0. The molecule has 0 N–H and O–H groups in total. The SMILES string of the molecule is COc1ccc(C(=O)c2ncc([N+](=O)[O-])s2)cc1. The van der Waals surface area contributed by atoms with Crippen molar-refractivity contribution in [2.24, 2.45) is 0 Å². The Morgan fingerprint density at radius 1 is 1.39 bits per heavy atom. The Hall–Kier alpha value is -2.28. The van der Waals surface area contributed by atoms with Gasteiger partial charge in [0.1, 0.15) is 11.9 Å². The Labute approximate surface area is 106 Å². The van der Waals surface area contributed by atoms with Gasteiger partial charge in [0, 0.05) is 5.56 Å². The molecule has 0 fully saturated rings. The molecule has 1 heterocycles. The molecule has 0 saturated heterocycles. The lowest BCUT2D eigenvalue weighted by Gasteiger charge is -2.00. The number of ketones is 1. The first kappa shape index (κ1) is 12.2. The van der Waals surface area contributed by atoms with Crippen LogP contribution in [-0.4, -0.2) is 22.8 Å². The van der Waals surface area contributed by atoms with Crippen LogP contribution in [0, 0.1) is 10.1 Å². The number of hydrogen-bond acceptors (Lipinski definition) is 6. The monoisotopic (exact) mass is 264 g/mol. The van der Waals surface area contributed by atoms with Crippen LogP contribution in [0.1, 0.15) is 15.4 Å². The van der Waals surface area contributed by atoms with Crippen molar-refractivity contribution in [3.8, 4) is 5.75 Å². The Morgan fingerprint density at radius 2 is 2.06 bits per heavy atom. The molecule has 0 aliphatic rings. The van der Waals surface area contributed by atoms with Crippen LogP contribution in [0.3, 0.4) is 0 Å². The van der Waals surface area contributed by atoms with E-state index in [0.717, 1.165) is 17.5 Å². The van der Waals surface area contributed by atoms with Crippen LogP contribution in [0.5, 0.6) is 5.75 Å². The van der Waals surface area contributed by atoms with Crippen LogP contribution in [0.25, 0.3) is 0 Å². The van der Waals surface area contributed by atoms with Crippen molar-refractivity contribution >= 4 is 22.1 Å². The second-order valence-electron chi connectivity index (χ2n) is 3.32. The molecule has 2 rings (SSSR count). The maximum absolute atomic E-state index is 12.0. The van der Waals surface area contributed by atoms with Crippen LogP contribution in [0.4, 0.5) is 5.00 Å². The fraction of sp³-hybridized carbons (Fsp3) is 0.0909. The molecule has 0 radical (unpaired) electrons. The van der Waals surface area contributed by atoms with Gasteiger partial charge >= 0.3 is 5.00 Å². The molecular weight excluding hydrogens is 256 g/mol. The predicted octanol–water partition coefficient (Wildman–Crippen LogP) is 2.29. The van der Waals surface area contributed by atoms with Gasteiger partial charge < -0.3 is 4.74 Å². The first-order valence-electron chi connectivity index (χ1n) is 4.91. The molecule has 0 aliphatic heterocycles. The average Bonchev–Trinajstić information content (AvgIpc) is 2.88. The second kappa shape index (κ2) is 4.92. The first-order chi connectivity index (χ1) is 8.61. The van der Waals surface area contributed by atoms with Crippen LogP contribution in [0.2, 0.25) is 0 Å². The molecule has 0 unspecified atom stereocenters. The van der Waals surface area contributed by atoms with Crippen molar-refractivity contribution in [1.29, 1.82) is 0 Å². The van der Waals surface area contributed by atoms with Crippen molar-refractivity contribution in [2.45, 2.75) is 0 Å². The highest BCUT2D eigenvalue weighted by Gasteiger charge is 2.18. The second-order valence-corrected chi connectivity index (χ2v) is 4.33. The average molecular weight is 264 g/mol. The maximum Gasteiger partial charge on any atom is 0.344 e. The van der Waals surface area contributed by atoms with Gasteiger partial charge in [0.15, 0.2) is 5.01 Å². The molecule has 6 nitrogen and oxygen atoms in total. The summed E-state index contributed by atoms with van der Waals surface area (Å²) in [6, 6.07) is 6.48. The summed E-state index contributed by atoms with van der Waals surface area (Å²) >= 11 is 0.763. The summed E-state index contributed by atoms with van der Waals surface area (Å²) in [7, 11) is 1.53. The summed E-state index contributed by atoms with van der Waals surface area (Å²) in [4.78, 5) is 25.7. The molecule has 0 amide bonds. The molecule has 0 atom stereocenters. The highest BCUT2D eigenvalue weighted by molar-refractivity contribution is 7.16. The van der Waals surface area contributed by atoms with Crippen LogP contribution in [-0.2, 0) is 0 Å². The van der Waals surface area contributed by atoms with Crippen LogP contribution < -0.4 is 4.74 Å². The third kappa shape index (κ3) is 2.35. The molecule has 92 valence electrons. The predicted molar refractivity (Wildman–Crippen MR) is 65.2 cm³/mol. The van der Waals surface area contributed by atoms with Crippen molar-refractivity contribution in [3.05, 3.63) is 51.1 Å². The van der Waals surface area contributed by atoms with E-state index in [0.29, 0.717) is 11.3 Å². The molecule has 0 aliphatic carbocycles. The van der Waals surface area contributed by atoms with Crippen molar-refractivity contribution < 1.29 is 14.5 Å². The summed E-state index contributed by atoms with van der Waals surface area (Å²) in [5.74, 6) is 0.299. The van der Waals surface area contributed by atoms with Gasteiger partial charge in [-0.05, 0) is 35.6 Å². The summed E-state index contributed by atoms with van der Waals surface area (Å²) < 4.78 is 4.98. The van der Waals surface area contributed by atoms with E-state index in [4.69, 9.17) is 4.74 Å².